The summed E-state index contributed by atoms with van der Waals surface area (Å²) in [5, 5.41) is 8.06. The number of rotatable bonds is 0. The first-order valence-corrected chi connectivity index (χ1v) is 5.23. The third kappa shape index (κ3) is 59900. The van der Waals surface area contributed by atoms with Crippen molar-refractivity contribution in [3.05, 3.63) is 12.8 Å². The van der Waals surface area contributed by atoms with Gasteiger partial charge in [0.05, 0.1) is 0 Å². The molecule has 0 aromatic carbocycles. The molecule has 83 valence electrons. The number of hydrogen-bond acceptors (Lipinski definition) is 3. The summed E-state index contributed by atoms with van der Waals surface area (Å²) < 4.78 is 16.9. The molecule has 0 rings (SSSR count). The maximum atomic E-state index is 8.47. The summed E-state index contributed by atoms with van der Waals surface area (Å²) in [4.78, 5) is 0. The quantitative estimate of drug-likeness (QED) is 0.649. The molecule has 0 fully saturated rings. The Bertz CT molecular complexity index is 74.2. The van der Waals surface area contributed by atoms with Crippen LogP contribution in [0.5, 0.6) is 0 Å². The summed E-state index contributed by atoms with van der Waals surface area (Å²) in [5.41, 5.74) is 0. The molecule has 0 aromatic heterocycles. The van der Waals surface area contributed by atoms with Gasteiger partial charge in [-0.2, -0.15) is 27.7 Å². The molecule has 0 radical (unpaired) electrons. The van der Waals surface area contributed by atoms with Crippen LogP contribution < -0.4 is 0 Å². The Morgan fingerprint density at radius 1 is 1.00 bits per heavy atom. The fraction of sp³-hybridized carbons (Fsp3) is 0.778. The molecule has 0 spiro atoms. The van der Waals surface area contributed by atoms with Gasteiger partial charge in [0.2, 0.25) is 0 Å². The van der Waals surface area contributed by atoms with E-state index >= 15 is 0 Å². The summed E-state index contributed by atoms with van der Waals surface area (Å²) in [5.74, 6) is 0. The predicted octanol–water partition coefficient (Wildman–Crippen LogP) is 2.61. The van der Waals surface area contributed by atoms with Crippen LogP contribution in [0.15, 0.2) is 0 Å². The van der Waals surface area contributed by atoms with Crippen LogP contribution in [0.25, 0.3) is 0 Å². The standard InChI is InChI=1S/C3H8O.2C3H7.2O.V/c1-3(2)4;2*1-3-2;;;/h3-4H,1-2H3;2*3H,1-2H3;;;/q;2*-1;;;. The minimum atomic E-state index is -1.81. The average molecular weight is 229 g/mol. The van der Waals surface area contributed by atoms with E-state index in [9.17, 15) is 0 Å². The van der Waals surface area contributed by atoms with E-state index < -0.39 is 16.2 Å². The van der Waals surface area contributed by atoms with Crippen LogP contribution in [0, 0.1) is 12.8 Å². The molecule has 4 heteroatoms. The van der Waals surface area contributed by atoms with E-state index in [0.717, 1.165) is 0 Å². The normalized spacial score (nSPS) is 6.15. The fourth-order valence-corrected chi connectivity index (χ4v) is 0. The number of aliphatic hydroxyl groups excluding tert-OH is 1. The van der Waals surface area contributed by atoms with E-state index in [0.29, 0.717) is 0 Å². The molecule has 0 aliphatic heterocycles. The molecule has 0 amide bonds. The Labute approximate surface area is 89.5 Å². The molecule has 0 atom stereocenters. The second-order valence-corrected chi connectivity index (χ2v) is 2.56. The summed E-state index contributed by atoms with van der Waals surface area (Å²) >= 11 is -1.81. The summed E-state index contributed by atoms with van der Waals surface area (Å²) in [6.45, 7) is 11.4. The Morgan fingerprint density at radius 3 is 1.00 bits per heavy atom. The molecule has 3 nitrogen and oxygen atoms in total. The Kier molecular flexibility index (Phi) is 71.2. The van der Waals surface area contributed by atoms with Gasteiger partial charge in [-0.15, -0.1) is 0 Å². The molecule has 0 aliphatic carbocycles. The summed E-state index contributed by atoms with van der Waals surface area (Å²) in [6.07, 6.45) is 3.83. The first-order chi connectivity index (χ1) is 5.97. The third-order valence-electron chi connectivity index (χ3n) is 0. The molecule has 0 unspecified atom stereocenters. The second kappa shape index (κ2) is 40.0. The Balaban J connectivity index is -0.0000000420. The van der Waals surface area contributed by atoms with Gasteiger partial charge in [0.15, 0.2) is 0 Å². The third-order valence-corrected chi connectivity index (χ3v) is 0. The van der Waals surface area contributed by atoms with Crippen molar-refractivity contribution in [1.29, 1.82) is 0 Å². The van der Waals surface area contributed by atoms with Crippen LogP contribution in [0.2, 0.25) is 0 Å². The van der Waals surface area contributed by atoms with Crippen LogP contribution in [-0.2, 0) is 23.5 Å². The van der Waals surface area contributed by atoms with Crippen molar-refractivity contribution in [2.24, 2.45) is 0 Å². The first kappa shape index (κ1) is 23.2. The molecular weight excluding hydrogens is 207 g/mol. The zero-order chi connectivity index (χ0) is 11.7. The van der Waals surface area contributed by atoms with Crippen molar-refractivity contribution in [2.45, 2.75) is 47.6 Å². The molecule has 13 heavy (non-hydrogen) atoms. The van der Waals surface area contributed by atoms with Crippen LogP contribution in [0.3, 0.4) is 0 Å². The van der Waals surface area contributed by atoms with Crippen LogP contribution >= 0.6 is 0 Å². The molecule has 0 aliphatic rings. The molecule has 0 saturated carbocycles. The minimum absolute atomic E-state index is 0.167. The van der Waals surface area contributed by atoms with Gasteiger partial charge < -0.3 is 17.9 Å². The van der Waals surface area contributed by atoms with Crippen molar-refractivity contribution in [3.63, 3.8) is 0 Å². The SMILES string of the molecule is CC(C)O.C[CH-]C.C[CH-]C.[O]=[V]=[O]. The molecule has 0 aromatic rings. The van der Waals surface area contributed by atoms with Gasteiger partial charge >= 0.3 is 23.5 Å². The van der Waals surface area contributed by atoms with Crippen molar-refractivity contribution in [3.8, 4) is 0 Å². The van der Waals surface area contributed by atoms with Gasteiger partial charge in [-0.1, -0.05) is 0 Å². The number of hydrogen-bond donors (Lipinski definition) is 1. The van der Waals surface area contributed by atoms with Crippen molar-refractivity contribution < 1.29 is 28.6 Å². The van der Waals surface area contributed by atoms with Gasteiger partial charge in [-0.25, -0.2) is 0 Å². The average Bonchev–Trinajstić information content (AvgIpc) is 1.88. The monoisotopic (exact) mass is 229 g/mol. The van der Waals surface area contributed by atoms with E-state index in [1.165, 1.54) is 0 Å². The maximum absolute atomic E-state index is 8.47. The number of aliphatic hydroxyl groups is 1. The first-order valence-electron chi connectivity index (χ1n) is 4.09. The zero-order valence-corrected chi connectivity index (χ0v) is 10.8. The second-order valence-electron chi connectivity index (χ2n) is 2.32. The van der Waals surface area contributed by atoms with Crippen molar-refractivity contribution in [1.82, 2.24) is 0 Å². The van der Waals surface area contributed by atoms with E-state index in [1.54, 1.807) is 13.8 Å². The van der Waals surface area contributed by atoms with Gasteiger partial charge in [0, 0.05) is 6.10 Å². The van der Waals surface area contributed by atoms with E-state index in [1.807, 2.05) is 40.5 Å². The molecule has 0 saturated heterocycles. The summed E-state index contributed by atoms with van der Waals surface area (Å²) in [6, 6.07) is 0. The Hall–Kier alpha value is 0.144. The van der Waals surface area contributed by atoms with Gasteiger partial charge in [-0.05, 0) is 13.8 Å². The Morgan fingerprint density at radius 2 is 1.00 bits per heavy atom. The van der Waals surface area contributed by atoms with E-state index in [-0.39, 0.29) is 6.10 Å². The molecule has 0 bridgehead atoms. The topological polar surface area (TPSA) is 54.4 Å². The molecule has 0 heterocycles. The van der Waals surface area contributed by atoms with Gasteiger partial charge in [0.1, 0.15) is 0 Å². The summed E-state index contributed by atoms with van der Waals surface area (Å²) in [7, 11) is 0. The van der Waals surface area contributed by atoms with Gasteiger partial charge in [-0.3, -0.25) is 0 Å². The van der Waals surface area contributed by atoms with E-state index in [2.05, 4.69) is 0 Å². The molecular formula is C9H22O3V-2. The van der Waals surface area contributed by atoms with Crippen LogP contribution in [0.4, 0.5) is 0 Å². The van der Waals surface area contributed by atoms with Gasteiger partial charge in [0.25, 0.3) is 0 Å². The predicted molar refractivity (Wildman–Crippen MR) is 50.0 cm³/mol. The fourth-order valence-electron chi connectivity index (χ4n) is 0. The van der Waals surface area contributed by atoms with E-state index in [4.69, 9.17) is 12.5 Å². The molecule has 1 N–H and O–H groups in total. The van der Waals surface area contributed by atoms with Crippen molar-refractivity contribution >= 4 is 0 Å². The van der Waals surface area contributed by atoms with Crippen molar-refractivity contribution in [2.75, 3.05) is 0 Å². The van der Waals surface area contributed by atoms with Crippen LogP contribution in [-0.4, -0.2) is 11.2 Å². The zero-order valence-electron chi connectivity index (χ0n) is 9.44. The van der Waals surface area contributed by atoms with Crippen LogP contribution in [0.1, 0.15) is 41.5 Å².